The van der Waals surface area contributed by atoms with Crippen LogP contribution in [0.4, 0.5) is 0 Å². The predicted octanol–water partition coefficient (Wildman–Crippen LogP) is 5.88. The maximum atomic E-state index is 9.66. The van der Waals surface area contributed by atoms with Crippen LogP contribution in [0.1, 0.15) is 18.1 Å². The van der Waals surface area contributed by atoms with Crippen LogP contribution >= 0.6 is 11.3 Å². The average Bonchev–Trinajstić information content (AvgIpc) is 3.37. The highest BCUT2D eigenvalue weighted by molar-refractivity contribution is 7.08. The van der Waals surface area contributed by atoms with E-state index in [0.717, 1.165) is 16.8 Å². The minimum Gasteiger partial charge on any atom is -0.349 e. The van der Waals surface area contributed by atoms with E-state index >= 15 is 0 Å². The van der Waals surface area contributed by atoms with Gasteiger partial charge in [0, 0.05) is 12.1 Å². The number of likely N-dealkylation sites (N-methyl/N-ethyl adjacent to an activating group) is 1. The summed E-state index contributed by atoms with van der Waals surface area (Å²) in [5.41, 5.74) is 5.66. The molecule has 1 atom stereocenters. The predicted molar refractivity (Wildman–Crippen MR) is 126 cm³/mol. The molecule has 5 heteroatoms. The van der Waals surface area contributed by atoms with Gasteiger partial charge in [-0.15, -0.1) is 0 Å². The Labute approximate surface area is 186 Å². The summed E-state index contributed by atoms with van der Waals surface area (Å²) < 4.78 is 0. The second kappa shape index (κ2) is 9.26. The van der Waals surface area contributed by atoms with E-state index in [0.29, 0.717) is 12.2 Å². The summed E-state index contributed by atoms with van der Waals surface area (Å²) in [6.07, 6.45) is 4.11. The Balaban J connectivity index is 1.68. The summed E-state index contributed by atoms with van der Waals surface area (Å²) in [5.74, 6) is 0. The van der Waals surface area contributed by atoms with Gasteiger partial charge in [-0.1, -0.05) is 66.7 Å². The van der Waals surface area contributed by atoms with Crippen molar-refractivity contribution in [3.05, 3.63) is 100 Å². The first-order valence-electron chi connectivity index (χ1n) is 10.0. The lowest BCUT2D eigenvalue weighted by atomic mass is 9.98. The van der Waals surface area contributed by atoms with Gasteiger partial charge in [-0.25, -0.2) is 4.99 Å². The lowest BCUT2D eigenvalue weighted by molar-refractivity contribution is 0.366. The van der Waals surface area contributed by atoms with Gasteiger partial charge in [0.05, 0.1) is 11.8 Å². The molecule has 0 fully saturated rings. The summed E-state index contributed by atoms with van der Waals surface area (Å²) in [5, 5.41) is 23.2. The number of hydrogen-bond acceptors (Lipinski definition) is 5. The summed E-state index contributed by atoms with van der Waals surface area (Å²) in [6, 6.07) is 24.7. The topological polar surface area (TPSA) is 63.2 Å². The lowest BCUT2D eigenvalue weighted by Crippen LogP contribution is -2.42. The molecule has 0 bridgehead atoms. The number of nitriles is 2. The molecular formula is C26H20N4S. The van der Waals surface area contributed by atoms with E-state index in [1.807, 2.05) is 46.8 Å². The van der Waals surface area contributed by atoms with Crippen LogP contribution in [0.15, 0.2) is 93.9 Å². The first kappa shape index (κ1) is 20.3. The van der Waals surface area contributed by atoms with E-state index in [1.54, 1.807) is 11.3 Å². The van der Waals surface area contributed by atoms with Crippen molar-refractivity contribution < 1.29 is 0 Å². The van der Waals surface area contributed by atoms with Crippen LogP contribution in [0, 0.1) is 22.7 Å². The first-order valence-corrected chi connectivity index (χ1v) is 11.0. The van der Waals surface area contributed by atoms with Gasteiger partial charge in [-0.05, 0) is 40.4 Å². The highest BCUT2D eigenvalue weighted by Gasteiger charge is 2.30. The molecule has 2 heterocycles. The molecule has 1 aliphatic rings. The fourth-order valence-corrected chi connectivity index (χ4v) is 4.32. The number of benzene rings is 2. The Morgan fingerprint density at radius 2 is 1.71 bits per heavy atom. The van der Waals surface area contributed by atoms with Gasteiger partial charge in [-0.3, -0.25) is 0 Å². The monoisotopic (exact) mass is 420 g/mol. The van der Waals surface area contributed by atoms with Crippen LogP contribution in [0.5, 0.6) is 0 Å². The van der Waals surface area contributed by atoms with Gasteiger partial charge in [0.1, 0.15) is 12.1 Å². The minimum absolute atomic E-state index is 0.169. The molecule has 1 unspecified atom stereocenters. The Morgan fingerprint density at radius 1 is 0.968 bits per heavy atom. The molecule has 1 aromatic heterocycles. The Bertz CT molecular complexity index is 1220. The highest BCUT2D eigenvalue weighted by Crippen LogP contribution is 2.27. The largest absolute Gasteiger partial charge is 0.349 e. The molecule has 0 saturated heterocycles. The fourth-order valence-electron chi connectivity index (χ4n) is 3.67. The molecule has 4 nitrogen and oxygen atoms in total. The molecule has 0 spiro atoms. The van der Waals surface area contributed by atoms with Crippen LogP contribution in [0.2, 0.25) is 0 Å². The van der Waals surface area contributed by atoms with Gasteiger partial charge >= 0.3 is 0 Å². The number of aliphatic imine (C=N–C) groups is 1. The molecule has 31 heavy (non-hydrogen) atoms. The third-order valence-electron chi connectivity index (χ3n) is 5.22. The molecule has 0 radical (unpaired) electrons. The van der Waals surface area contributed by atoms with Crippen molar-refractivity contribution in [2.75, 3.05) is 6.54 Å². The SMILES string of the molecule is CCN1C(C#N)=C(C#N)N=C(c2ccsc2)C1/C=C/c1ccc(-c2ccccc2)cc1. The van der Waals surface area contributed by atoms with Crippen molar-refractivity contribution in [3.63, 3.8) is 0 Å². The number of rotatable bonds is 5. The normalized spacial score (nSPS) is 16.2. The highest BCUT2D eigenvalue weighted by atomic mass is 32.1. The van der Waals surface area contributed by atoms with Crippen molar-refractivity contribution >= 4 is 23.1 Å². The van der Waals surface area contributed by atoms with E-state index < -0.39 is 0 Å². The molecule has 0 aliphatic carbocycles. The van der Waals surface area contributed by atoms with E-state index in [2.05, 4.69) is 65.7 Å². The summed E-state index contributed by atoms with van der Waals surface area (Å²) in [4.78, 5) is 6.51. The minimum atomic E-state index is -0.222. The molecular weight excluding hydrogens is 400 g/mol. The van der Waals surface area contributed by atoms with E-state index in [1.165, 1.54) is 11.1 Å². The molecule has 4 rings (SSSR count). The quantitative estimate of drug-likeness (QED) is 0.518. The van der Waals surface area contributed by atoms with Crippen molar-refractivity contribution in [1.29, 1.82) is 10.5 Å². The van der Waals surface area contributed by atoms with Crippen molar-refractivity contribution in [3.8, 4) is 23.3 Å². The van der Waals surface area contributed by atoms with Gasteiger partial charge in [0.15, 0.2) is 11.4 Å². The third-order valence-corrected chi connectivity index (χ3v) is 5.90. The number of nitrogens with zero attached hydrogens (tertiary/aromatic N) is 4. The Hall–Kier alpha value is -3.93. The molecule has 3 aromatic rings. The zero-order chi connectivity index (χ0) is 21.6. The smallest absolute Gasteiger partial charge is 0.175 e. The zero-order valence-corrected chi connectivity index (χ0v) is 17.9. The van der Waals surface area contributed by atoms with Crippen molar-refractivity contribution in [1.82, 2.24) is 4.90 Å². The van der Waals surface area contributed by atoms with Gasteiger partial charge < -0.3 is 4.90 Å². The number of allylic oxidation sites excluding steroid dienone is 2. The van der Waals surface area contributed by atoms with Crippen LogP contribution in [0.25, 0.3) is 17.2 Å². The maximum absolute atomic E-state index is 9.66. The van der Waals surface area contributed by atoms with Crippen molar-refractivity contribution in [2.45, 2.75) is 13.0 Å². The molecule has 1 aliphatic heterocycles. The average molecular weight is 421 g/mol. The van der Waals surface area contributed by atoms with Crippen LogP contribution in [-0.4, -0.2) is 23.2 Å². The van der Waals surface area contributed by atoms with Gasteiger partial charge in [0.2, 0.25) is 0 Å². The van der Waals surface area contributed by atoms with Gasteiger partial charge in [-0.2, -0.15) is 21.9 Å². The maximum Gasteiger partial charge on any atom is 0.175 e. The molecule has 0 N–H and O–H groups in total. The van der Waals surface area contributed by atoms with Crippen molar-refractivity contribution in [2.24, 2.45) is 4.99 Å². The van der Waals surface area contributed by atoms with Crippen LogP contribution in [0.3, 0.4) is 0 Å². The van der Waals surface area contributed by atoms with Crippen LogP contribution < -0.4 is 0 Å². The van der Waals surface area contributed by atoms with E-state index in [4.69, 9.17) is 0 Å². The zero-order valence-electron chi connectivity index (χ0n) is 17.1. The molecule has 0 saturated carbocycles. The second-order valence-electron chi connectivity index (χ2n) is 7.01. The summed E-state index contributed by atoms with van der Waals surface area (Å²) in [6.45, 7) is 2.58. The lowest BCUT2D eigenvalue weighted by Gasteiger charge is -2.33. The summed E-state index contributed by atoms with van der Waals surface area (Å²) in [7, 11) is 0. The number of hydrogen-bond donors (Lipinski definition) is 0. The molecule has 2 aromatic carbocycles. The Morgan fingerprint density at radius 3 is 2.32 bits per heavy atom. The van der Waals surface area contributed by atoms with E-state index in [9.17, 15) is 10.5 Å². The second-order valence-corrected chi connectivity index (χ2v) is 7.79. The fraction of sp³-hybridized carbons (Fsp3) is 0.115. The molecule has 150 valence electrons. The standard InChI is InChI=1S/C26H20N4S/c1-2-30-24(26(22-14-15-31-18-22)29-23(16-27)25(30)17-28)13-10-19-8-11-21(12-9-19)20-6-4-3-5-7-20/h3-15,18,24H,2H2,1H3/b13-10+. The van der Waals surface area contributed by atoms with E-state index in [-0.39, 0.29) is 11.7 Å². The molecule has 0 amide bonds. The van der Waals surface area contributed by atoms with Crippen LogP contribution in [-0.2, 0) is 0 Å². The van der Waals surface area contributed by atoms with Gasteiger partial charge in [0.25, 0.3) is 0 Å². The number of thiophene rings is 1. The first-order chi connectivity index (χ1) is 15.2. The third kappa shape index (κ3) is 4.19. The summed E-state index contributed by atoms with van der Waals surface area (Å²) >= 11 is 1.59. The Kier molecular flexibility index (Phi) is 6.08.